The van der Waals surface area contributed by atoms with Gasteiger partial charge in [0, 0.05) is 6.08 Å². The first-order valence-corrected chi connectivity index (χ1v) is 3.53. The molecule has 0 aliphatic heterocycles. The smallest absolute Gasteiger partial charge is 0.0912 e. The van der Waals surface area contributed by atoms with Crippen LogP contribution in [0.25, 0.3) is 0 Å². The summed E-state index contributed by atoms with van der Waals surface area (Å²) in [5.74, 6) is 0. The number of allylic oxidation sites excluding steroid dienone is 8. The van der Waals surface area contributed by atoms with Crippen LogP contribution < -0.4 is 0 Å². The summed E-state index contributed by atoms with van der Waals surface area (Å²) in [5.41, 5.74) is 0.923. The van der Waals surface area contributed by atoms with Crippen molar-refractivity contribution in [3.8, 4) is 6.07 Å². The summed E-state index contributed by atoms with van der Waals surface area (Å²) in [5, 5.41) is 8.27. The van der Waals surface area contributed by atoms with E-state index in [2.05, 4.69) is 13.2 Å². The zero-order chi connectivity index (χ0) is 9.23. The zero-order valence-electron chi connectivity index (χ0n) is 6.90. The lowest BCUT2D eigenvalue weighted by atomic mass is 10.2. The number of nitrogens with zero attached hydrogens (tertiary/aromatic N) is 1. The highest BCUT2D eigenvalue weighted by Crippen LogP contribution is 1.99. The second-order valence-electron chi connectivity index (χ2n) is 1.96. The lowest BCUT2D eigenvalue weighted by molar-refractivity contribution is 1.53. The van der Waals surface area contributed by atoms with Crippen molar-refractivity contribution >= 4 is 0 Å². The van der Waals surface area contributed by atoms with Crippen LogP contribution in [-0.2, 0) is 0 Å². The van der Waals surface area contributed by atoms with Crippen LogP contribution in [-0.4, -0.2) is 0 Å². The van der Waals surface area contributed by atoms with Crippen molar-refractivity contribution in [2.24, 2.45) is 0 Å². The molecule has 0 saturated carbocycles. The molecule has 0 aromatic rings. The maximum atomic E-state index is 8.27. The highest BCUT2D eigenvalue weighted by Gasteiger charge is 1.80. The molecule has 0 spiro atoms. The van der Waals surface area contributed by atoms with E-state index in [9.17, 15) is 0 Å². The molecule has 0 rings (SSSR count). The molecule has 0 N–H and O–H groups in total. The van der Waals surface area contributed by atoms with E-state index in [4.69, 9.17) is 5.26 Å². The van der Waals surface area contributed by atoms with Crippen LogP contribution in [0.2, 0.25) is 0 Å². The van der Waals surface area contributed by atoms with Gasteiger partial charge >= 0.3 is 0 Å². The van der Waals surface area contributed by atoms with Crippen LogP contribution in [0.4, 0.5) is 0 Å². The van der Waals surface area contributed by atoms with Gasteiger partial charge in [0.2, 0.25) is 0 Å². The maximum absolute atomic E-state index is 8.27. The number of nitriles is 1. The monoisotopic (exact) mass is 157 g/mol. The Balaban J connectivity index is 4.46. The van der Waals surface area contributed by atoms with Crippen LogP contribution in [0.1, 0.15) is 0 Å². The Morgan fingerprint density at radius 2 is 1.92 bits per heavy atom. The molecule has 0 aromatic carbocycles. The summed E-state index contributed by atoms with van der Waals surface area (Å²) < 4.78 is 0. The van der Waals surface area contributed by atoms with Gasteiger partial charge < -0.3 is 0 Å². The molecule has 60 valence electrons. The molecular formula is C11H11N. The van der Waals surface area contributed by atoms with Crippen molar-refractivity contribution in [1.82, 2.24) is 0 Å². The van der Waals surface area contributed by atoms with Gasteiger partial charge in [0.05, 0.1) is 6.07 Å². The normalized spacial score (nSPS) is 11.8. The predicted molar refractivity (Wildman–Crippen MR) is 52.4 cm³/mol. The van der Waals surface area contributed by atoms with Gasteiger partial charge in [0.15, 0.2) is 0 Å². The largest absolute Gasteiger partial charge is 0.193 e. The highest BCUT2D eigenvalue weighted by atomic mass is 14.2. The third kappa shape index (κ3) is 5.01. The van der Waals surface area contributed by atoms with E-state index < -0.39 is 0 Å². The first-order valence-electron chi connectivity index (χ1n) is 3.53. The standard InChI is InChI=1S/C11H11N/c1-3-5-8-11(7-4-2)9-6-10-12/h3-9H,1-2H2. The van der Waals surface area contributed by atoms with E-state index >= 15 is 0 Å². The average Bonchev–Trinajstić information content (AvgIpc) is 2.10. The molecule has 0 heterocycles. The van der Waals surface area contributed by atoms with Gasteiger partial charge in [-0.1, -0.05) is 43.5 Å². The summed E-state index contributed by atoms with van der Waals surface area (Å²) in [4.78, 5) is 0. The van der Waals surface area contributed by atoms with Gasteiger partial charge in [-0.05, 0) is 11.6 Å². The van der Waals surface area contributed by atoms with E-state index in [1.54, 1.807) is 24.3 Å². The molecular weight excluding hydrogens is 146 g/mol. The van der Waals surface area contributed by atoms with Gasteiger partial charge in [-0.25, -0.2) is 0 Å². The minimum Gasteiger partial charge on any atom is -0.193 e. The van der Waals surface area contributed by atoms with Gasteiger partial charge in [0.1, 0.15) is 0 Å². The van der Waals surface area contributed by atoms with Gasteiger partial charge in [0.25, 0.3) is 0 Å². The van der Waals surface area contributed by atoms with Crippen molar-refractivity contribution in [2.75, 3.05) is 0 Å². The van der Waals surface area contributed by atoms with Gasteiger partial charge in [-0.15, -0.1) is 0 Å². The molecule has 1 heteroatoms. The minimum absolute atomic E-state index is 0.923. The molecule has 0 aliphatic rings. The lowest BCUT2D eigenvalue weighted by Gasteiger charge is -1.87. The van der Waals surface area contributed by atoms with Crippen LogP contribution in [0.5, 0.6) is 0 Å². The van der Waals surface area contributed by atoms with E-state index in [-0.39, 0.29) is 0 Å². The first-order chi connectivity index (χ1) is 5.85. The average molecular weight is 157 g/mol. The molecule has 0 atom stereocenters. The summed E-state index contributed by atoms with van der Waals surface area (Å²) in [6.07, 6.45) is 11.9. The number of hydrogen-bond acceptors (Lipinski definition) is 1. The molecule has 0 amide bonds. The Kier molecular flexibility index (Phi) is 6.20. The second-order valence-corrected chi connectivity index (χ2v) is 1.96. The van der Waals surface area contributed by atoms with Gasteiger partial charge in [-0.2, -0.15) is 5.26 Å². The summed E-state index contributed by atoms with van der Waals surface area (Å²) in [7, 11) is 0. The topological polar surface area (TPSA) is 23.8 Å². The third-order valence-corrected chi connectivity index (χ3v) is 1.09. The highest BCUT2D eigenvalue weighted by molar-refractivity contribution is 5.36. The Morgan fingerprint density at radius 1 is 1.17 bits per heavy atom. The fourth-order valence-electron chi connectivity index (χ4n) is 0.615. The number of rotatable bonds is 4. The Hall–Kier alpha value is -1.81. The molecule has 0 aromatic heterocycles. The fraction of sp³-hybridized carbons (Fsp3) is 0. The Morgan fingerprint density at radius 3 is 2.42 bits per heavy atom. The SMILES string of the molecule is C=CC=CC(C=CC#N)=CC=C. The molecule has 0 radical (unpaired) electrons. The van der Waals surface area contributed by atoms with Crippen LogP contribution in [0, 0.1) is 11.3 Å². The zero-order valence-corrected chi connectivity index (χ0v) is 6.90. The Labute approximate surface area is 73.3 Å². The quantitative estimate of drug-likeness (QED) is 0.454. The third-order valence-electron chi connectivity index (χ3n) is 1.09. The van der Waals surface area contributed by atoms with E-state index in [0.717, 1.165) is 5.57 Å². The maximum Gasteiger partial charge on any atom is 0.0912 e. The first kappa shape index (κ1) is 10.2. The molecule has 0 bridgehead atoms. The fourth-order valence-corrected chi connectivity index (χ4v) is 0.615. The summed E-state index contributed by atoms with van der Waals surface area (Å²) >= 11 is 0. The van der Waals surface area contributed by atoms with E-state index in [0.29, 0.717) is 0 Å². The molecule has 0 aliphatic carbocycles. The summed E-state index contributed by atoms with van der Waals surface area (Å²) in [6, 6.07) is 1.92. The van der Waals surface area contributed by atoms with Crippen molar-refractivity contribution in [1.29, 1.82) is 5.26 Å². The van der Waals surface area contributed by atoms with Crippen molar-refractivity contribution in [2.45, 2.75) is 0 Å². The molecule has 0 unspecified atom stereocenters. The minimum atomic E-state index is 0.923. The van der Waals surface area contributed by atoms with E-state index in [1.165, 1.54) is 6.08 Å². The van der Waals surface area contributed by atoms with Crippen molar-refractivity contribution in [3.63, 3.8) is 0 Å². The number of hydrogen-bond donors (Lipinski definition) is 0. The van der Waals surface area contributed by atoms with Crippen molar-refractivity contribution in [3.05, 3.63) is 61.3 Å². The van der Waals surface area contributed by atoms with Crippen LogP contribution in [0.15, 0.2) is 61.3 Å². The second kappa shape index (κ2) is 7.30. The molecule has 0 saturated heterocycles. The van der Waals surface area contributed by atoms with Gasteiger partial charge in [-0.3, -0.25) is 0 Å². The Bertz CT molecular complexity index is 272. The lowest BCUT2D eigenvalue weighted by Crippen LogP contribution is -1.68. The van der Waals surface area contributed by atoms with E-state index in [1.807, 2.05) is 18.2 Å². The molecule has 12 heavy (non-hydrogen) atoms. The summed E-state index contributed by atoms with van der Waals surface area (Å²) in [6.45, 7) is 7.11. The predicted octanol–water partition coefficient (Wildman–Crippen LogP) is 2.92. The van der Waals surface area contributed by atoms with Crippen molar-refractivity contribution < 1.29 is 0 Å². The van der Waals surface area contributed by atoms with Crippen LogP contribution >= 0.6 is 0 Å². The molecule has 0 fully saturated rings. The van der Waals surface area contributed by atoms with Crippen LogP contribution in [0.3, 0.4) is 0 Å². The molecule has 1 nitrogen and oxygen atoms in total.